The van der Waals surface area contributed by atoms with Crippen LogP contribution >= 0.6 is 11.6 Å². The van der Waals surface area contributed by atoms with Crippen LogP contribution in [0.1, 0.15) is 114 Å². The molecule has 4 aliphatic carbocycles. The van der Waals surface area contributed by atoms with E-state index in [4.69, 9.17) is 50.8 Å². The molecule has 2 aromatic heterocycles. The van der Waals surface area contributed by atoms with Gasteiger partial charge in [0, 0.05) is 49.2 Å². The van der Waals surface area contributed by atoms with Gasteiger partial charge in [0.2, 0.25) is 0 Å². The van der Waals surface area contributed by atoms with E-state index < -0.39 is 0 Å². The van der Waals surface area contributed by atoms with E-state index in [1.807, 2.05) is 152 Å². The molecule has 8 nitrogen and oxygen atoms in total. The first-order valence-corrected chi connectivity index (χ1v) is 42.0. The molecule has 16 aromatic rings. The quantitative estimate of drug-likeness (QED) is 0.112. The first-order valence-electron chi connectivity index (χ1n) is 41.7. The van der Waals surface area contributed by atoms with Crippen LogP contribution in [0.4, 0.5) is 0 Å². The van der Waals surface area contributed by atoms with Gasteiger partial charge in [0.15, 0.2) is 34.9 Å². The Morgan fingerprint density at radius 3 is 0.847 bits per heavy atom. The van der Waals surface area contributed by atoms with Crippen molar-refractivity contribution in [3.05, 3.63) is 379 Å². The number of hydrogen-bond acceptors (Lipinski definition) is 8. The molecule has 0 radical (unpaired) electrons. The molecule has 3 heterocycles. The molecule has 1 saturated heterocycles. The minimum Gasteiger partial charge on any atom is -0.399 e. The molecule has 0 unspecified atom stereocenters. The summed E-state index contributed by atoms with van der Waals surface area (Å²) in [5, 5.41) is 0.725. The first-order chi connectivity index (χ1) is 57.8. The first kappa shape index (κ1) is 75.4. The van der Waals surface area contributed by atoms with Crippen LogP contribution in [0, 0.1) is 0 Å². The zero-order valence-corrected chi connectivity index (χ0v) is 67.8. The Morgan fingerprint density at radius 2 is 0.492 bits per heavy atom. The third-order valence-corrected chi connectivity index (χ3v) is 25.5. The van der Waals surface area contributed by atoms with Gasteiger partial charge in [0.05, 0.1) is 11.2 Å². The minimum atomic E-state index is -0.303. The molecule has 118 heavy (non-hydrogen) atoms. The Kier molecular flexibility index (Phi) is 20.5. The van der Waals surface area contributed by atoms with Crippen molar-refractivity contribution >= 4 is 24.2 Å². The van der Waals surface area contributed by atoms with Gasteiger partial charge in [-0.1, -0.05) is 353 Å². The Balaban J connectivity index is 0.000000125. The highest BCUT2D eigenvalue weighted by Gasteiger charge is 2.53. The molecule has 3 fully saturated rings. The van der Waals surface area contributed by atoms with Crippen molar-refractivity contribution in [2.75, 3.05) is 0 Å². The van der Waals surface area contributed by atoms with Crippen LogP contribution in [0.3, 0.4) is 0 Å². The number of halogens is 1. The lowest BCUT2D eigenvalue weighted by Gasteiger charge is -2.36. The van der Waals surface area contributed by atoms with Crippen LogP contribution < -0.4 is 5.46 Å². The molecule has 5 aliphatic rings. The van der Waals surface area contributed by atoms with E-state index in [1.54, 1.807) is 0 Å². The highest BCUT2D eigenvalue weighted by molar-refractivity contribution is 6.62. The van der Waals surface area contributed by atoms with E-state index >= 15 is 0 Å². The Morgan fingerprint density at radius 1 is 0.229 bits per heavy atom. The fourth-order valence-electron chi connectivity index (χ4n) is 18.5. The lowest BCUT2D eigenvalue weighted by Crippen LogP contribution is -2.41. The van der Waals surface area contributed by atoms with E-state index in [9.17, 15) is 0 Å². The molecule has 0 N–H and O–H groups in total. The van der Waals surface area contributed by atoms with Crippen LogP contribution in [0.15, 0.2) is 352 Å². The van der Waals surface area contributed by atoms with Crippen molar-refractivity contribution in [1.29, 1.82) is 0 Å². The van der Waals surface area contributed by atoms with Gasteiger partial charge in [-0.2, -0.15) is 0 Å². The van der Waals surface area contributed by atoms with E-state index in [2.05, 4.69) is 228 Å². The van der Waals surface area contributed by atoms with Gasteiger partial charge in [0.25, 0.3) is 0 Å². The topological polar surface area (TPSA) is 95.8 Å². The molecular weight excluding hydrogens is 1460 g/mol. The van der Waals surface area contributed by atoms with Crippen LogP contribution in [0.2, 0.25) is 5.02 Å². The average Bonchev–Trinajstić information content (AvgIpc) is 1.56. The van der Waals surface area contributed by atoms with Crippen LogP contribution in [-0.2, 0) is 20.1 Å². The average molecular weight is 1550 g/mol. The maximum absolute atomic E-state index is 6.34. The molecule has 0 atom stereocenters. The second-order valence-electron chi connectivity index (χ2n) is 33.0. The Hall–Kier alpha value is -12.6. The zero-order valence-electron chi connectivity index (χ0n) is 67.0. The highest BCUT2D eigenvalue weighted by atomic mass is 35.5. The lowest BCUT2D eigenvalue weighted by molar-refractivity contribution is 0.00578. The van der Waals surface area contributed by atoms with Gasteiger partial charge in [-0.3, -0.25) is 0 Å². The number of aromatic nitrogens is 6. The molecule has 0 bridgehead atoms. The summed E-state index contributed by atoms with van der Waals surface area (Å²) in [6.07, 6.45) is 12.9. The normalized spacial score (nSPS) is 15.3. The molecule has 0 amide bonds. The molecular formula is C108H90BClN6O2. The van der Waals surface area contributed by atoms with E-state index in [-0.39, 0.29) is 29.2 Å². The SMILES string of the molecule is CC1(C)OB(c2ccc3c(c2)C2(CCCCC2)c2ccccc2-3)OC1(C)C.Clc1cccc(-c2cccc(-c3cccc(-c4nc(-c5ccccc5)nc(-c5ccccc5)n4)c3)c2)c1.c1ccc(-c2nc(-c3ccccc3)nc(-c3cccc(-c4cccc(-c5cccc(-c6ccc7c(c6)C6(CCCCC6)c6ccccc6-7)c5)c4)c3)n2)cc1. The summed E-state index contributed by atoms with van der Waals surface area (Å²) >= 11 is 6.24. The predicted octanol–water partition coefficient (Wildman–Crippen LogP) is 27.2. The predicted molar refractivity (Wildman–Crippen MR) is 485 cm³/mol. The summed E-state index contributed by atoms with van der Waals surface area (Å²) in [6.45, 7) is 8.50. The number of fused-ring (bicyclic) bond motifs is 10. The van der Waals surface area contributed by atoms with Crippen molar-refractivity contribution in [2.45, 2.75) is 114 Å². The van der Waals surface area contributed by atoms with Crippen molar-refractivity contribution in [3.63, 3.8) is 0 Å². The summed E-state index contributed by atoms with van der Waals surface area (Å²) < 4.78 is 12.7. The van der Waals surface area contributed by atoms with Crippen molar-refractivity contribution in [2.24, 2.45) is 0 Å². The summed E-state index contributed by atoms with van der Waals surface area (Å²) in [5.74, 6) is 3.92. The van der Waals surface area contributed by atoms with E-state index in [1.165, 1.54) is 131 Å². The minimum absolute atomic E-state index is 0.147. The third kappa shape index (κ3) is 14.8. The molecule has 2 saturated carbocycles. The summed E-state index contributed by atoms with van der Waals surface area (Å²) in [6, 6.07) is 124. The van der Waals surface area contributed by atoms with E-state index in [0.717, 1.165) is 77.2 Å². The number of hydrogen-bond donors (Lipinski definition) is 0. The third-order valence-electron chi connectivity index (χ3n) is 25.2. The van der Waals surface area contributed by atoms with Crippen LogP contribution in [-0.4, -0.2) is 48.2 Å². The molecule has 21 rings (SSSR count). The van der Waals surface area contributed by atoms with Gasteiger partial charge in [-0.05, 0) is 208 Å². The van der Waals surface area contributed by atoms with Crippen molar-refractivity contribution < 1.29 is 9.31 Å². The molecule has 2 spiro atoms. The molecule has 14 aromatic carbocycles. The smallest absolute Gasteiger partial charge is 0.399 e. The molecule has 1 aliphatic heterocycles. The van der Waals surface area contributed by atoms with Crippen molar-refractivity contribution in [1.82, 2.24) is 29.9 Å². The summed E-state index contributed by atoms with van der Waals surface area (Å²) in [5.41, 5.74) is 30.0. The maximum atomic E-state index is 6.34. The summed E-state index contributed by atoms with van der Waals surface area (Å²) in [7, 11) is -0.287. The van der Waals surface area contributed by atoms with Gasteiger partial charge in [-0.25, -0.2) is 29.9 Å². The second kappa shape index (κ2) is 32.1. The fourth-order valence-corrected chi connectivity index (χ4v) is 18.7. The van der Waals surface area contributed by atoms with Crippen LogP contribution in [0.25, 0.3) is 146 Å². The molecule has 574 valence electrons. The largest absolute Gasteiger partial charge is 0.494 e. The second-order valence-corrected chi connectivity index (χ2v) is 33.5. The number of rotatable bonds is 12. The fraction of sp³-hybridized carbons (Fsp3) is 0.167. The zero-order chi connectivity index (χ0) is 79.8. The maximum Gasteiger partial charge on any atom is 0.494 e. The van der Waals surface area contributed by atoms with Gasteiger partial charge in [0.1, 0.15) is 0 Å². The standard InChI is InChI=1S/C51H39N3.C33H22ClN3.C24H29BO2/c1-4-15-35(16-5-1)48-52-49(36-17-6-2-7-18-36)54-50(53-48)43-24-14-23-41(33-43)39-21-12-19-37(31-39)38-20-13-22-40(32-38)42-27-28-45-44-25-8-9-26-46(44)51(47(45)34-42)29-10-3-11-30-51;34-30-19-9-17-28(22-30)26-15-7-14-25(20-26)27-16-8-18-29(21-27)33-36-31(23-10-3-1-4-11-23)35-32(37-33)24-12-5-2-6-13-24;1-22(2)23(3,4)27-25(26-22)17-12-13-19-18-10-6-7-11-20(18)24(21(19)16-17)14-8-5-9-15-24/h1-2,4-9,12-28,31-34H,3,10-11,29-30H2;1-22H;6-7,10-13,16H,5,8-9,14-15H2,1-4H3. The Bertz CT molecular complexity index is 6250. The van der Waals surface area contributed by atoms with Gasteiger partial charge in [-0.15, -0.1) is 0 Å². The van der Waals surface area contributed by atoms with Crippen LogP contribution in [0.5, 0.6) is 0 Å². The Labute approximate surface area is 698 Å². The highest BCUT2D eigenvalue weighted by Crippen LogP contribution is 2.58. The monoisotopic (exact) mass is 1550 g/mol. The van der Waals surface area contributed by atoms with Gasteiger partial charge < -0.3 is 9.31 Å². The number of nitrogens with zero attached hydrogens (tertiary/aromatic N) is 6. The lowest BCUT2D eigenvalue weighted by atomic mass is 9.66. The van der Waals surface area contributed by atoms with E-state index in [0.29, 0.717) is 34.9 Å². The van der Waals surface area contributed by atoms with Crippen molar-refractivity contribution in [3.8, 4) is 146 Å². The summed E-state index contributed by atoms with van der Waals surface area (Å²) in [4.78, 5) is 29.4. The number of benzene rings is 14. The van der Waals surface area contributed by atoms with Gasteiger partial charge >= 0.3 is 7.12 Å². The molecule has 10 heteroatoms.